The van der Waals surface area contributed by atoms with E-state index < -0.39 is 0 Å². The number of rotatable bonds is 7. The summed E-state index contributed by atoms with van der Waals surface area (Å²) in [5.41, 5.74) is 3.44. The topological polar surface area (TPSA) is 78.4 Å². The summed E-state index contributed by atoms with van der Waals surface area (Å²) in [7, 11) is 0. The number of hydrogen-bond acceptors (Lipinski definition) is 7. The maximum Gasteiger partial charge on any atom is 0.240 e. The van der Waals surface area contributed by atoms with Crippen molar-refractivity contribution >= 4 is 0 Å². The number of morpholine rings is 1. The molecular formula is C21H27N5O3. The van der Waals surface area contributed by atoms with Crippen LogP contribution in [0.3, 0.4) is 0 Å². The zero-order valence-electron chi connectivity index (χ0n) is 17.2. The van der Waals surface area contributed by atoms with Crippen LogP contribution in [-0.2, 0) is 24.4 Å². The molecule has 1 unspecified atom stereocenters. The highest BCUT2D eigenvalue weighted by atomic mass is 16.5. The Bertz CT molecular complexity index is 931. The number of nitrogens with zero attached hydrogens (tertiary/aromatic N) is 5. The molecule has 0 N–H and O–H groups in total. The standard InChI is InChI=1S/C21H27N5O3/c1-4-26-11-17(10-22-26)19-12-25(5-6-27-19)13-21-23-20(24-29-21)14-28-18-8-15(2)7-16(3)9-18/h7-11,19H,4-6,12-14H2,1-3H3. The van der Waals surface area contributed by atoms with Crippen molar-refractivity contribution in [2.45, 2.75) is 46.6 Å². The lowest BCUT2D eigenvalue weighted by Crippen LogP contribution is -2.37. The quantitative estimate of drug-likeness (QED) is 0.606. The smallest absolute Gasteiger partial charge is 0.240 e. The summed E-state index contributed by atoms with van der Waals surface area (Å²) in [4.78, 5) is 6.74. The van der Waals surface area contributed by atoms with Crippen LogP contribution in [0.5, 0.6) is 5.75 Å². The second-order valence-corrected chi connectivity index (χ2v) is 7.44. The molecule has 0 bridgehead atoms. The van der Waals surface area contributed by atoms with Gasteiger partial charge in [0, 0.05) is 31.4 Å². The van der Waals surface area contributed by atoms with Crippen LogP contribution in [0.25, 0.3) is 0 Å². The Labute approximate surface area is 170 Å². The van der Waals surface area contributed by atoms with Crippen LogP contribution < -0.4 is 4.74 Å². The van der Waals surface area contributed by atoms with Crippen LogP contribution in [0.15, 0.2) is 35.1 Å². The summed E-state index contributed by atoms with van der Waals surface area (Å²) in [5.74, 6) is 1.96. The molecule has 0 spiro atoms. The minimum absolute atomic E-state index is 0.0133. The van der Waals surface area contributed by atoms with Crippen LogP contribution in [0, 0.1) is 13.8 Å². The lowest BCUT2D eigenvalue weighted by molar-refractivity contribution is -0.0356. The van der Waals surface area contributed by atoms with Gasteiger partial charge >= 0.3 is 0 Å². The second-order valence-electron chi connectivity index (χ2n) is 7.44. The van der Waals surface area contributed by atoms with Gasteiger partial charge in [-0.05, 0) is 44.0 Å². The Kier molecular flexibility index (Phi) is 5.92. The zero-order chi connectivity index (χ0) is 20.2. The van der Waals surface area contributed by atoms with E-state index >= 15 is 0 Å². The summed E-state index contributed by atoms with van der Waals surface area (Å²) in [5, 5.41) is 8.39. The van der Waals surface area contributed by atoms with Crippen LogP contribution in [0.2, 0.25) is 0 Å². The van der Waals surface area contributed by atoms with Crippen LogP contribution in [0.1, 0.15) is 41.4 Å². The molecule has 0 saturated carbocycles. The van der Waals surface area contributed by atoms with E-state index in [1.165, 1.54) is 11.1 Å². The minimum atomic E-state index is 0.0133. The first kappa shape index (κ1) is 19.6. The van der Waals surface area contributed by atoms with Crippen molar-refractivity contribution in [3.63, 3.8) is 0 Å². The lowest BCUT2D eigenvalue weighted by atomic mass is 10.1. The maximum atomic E-state index is 5.92. The van der Waals surface area contributed by atoms with Crippen molar-refractivity contribution < 1.29 is 14.0 Å². The van der Waals surface area contributed by atoms with Gasteiger partial charge in [-0.2, -0.15) is 10.1 Å². The largest absolute Gasteiger partial charge is 0.485 e. The number of aryl methyl sites for hydroxylation is 3. The van der Waals surface area contributed by atoms with E-state index in [-0.39, 0.29) is 12.7 Å². The molecule has 0 radical (unpaired) electrons. The van der Waals surface area contributed by atoms with Crippen LogP contribution >= 0.6 is 0 Å². The summed E-state index contributed by atoms with van der Waals surface area (Å²) < 4.78 is 19.1. The number of aromatic nitrogens is 4. The van der Waals surface area contributed by atoms with Crippen molar-refractivity contribution in [2.24, 2.45) is 0 Å². The molecule has 8 nitrogen and oxygen atoms in total. The monoisotopic (exact) mass is 397 g/mol. The normalized spacial score (nSPS) is 17.6. The summed E-state index contributed by atoms with van der Waals surface area (Å²) in [6.45, 7) is 10.2. The fourth-order valence-electron chi connectivity index (χ4n) is 3.53. The van der Waals surface area contributed by atoms with Gasteiger partial charge in [-0.25, -0.2) is 0 Å². The predicted octanol–water partition coefficient (Wildman–Crippen LogP) is 3.06. The first-order valence-corrected chi connectivity index (χ1v) is 9.98. The van der Waals surface area contributed by atoms with Crippen molar-refractivity contribution in [1.29, 1.82) is 0 Å². The Balaban J connectivity index is 1.32. The number of hydrogen-bond donors (Lipinski definition) is 0. The highest BCUT2D eigenvalue weighted by Gasteiger charge is 2.24. The zero-order valence-corrected chi connectivity index (χ0v) is 17.2. The molecule has 8 heteroatoms. The van der Waals surface area contributed by atoms with Gasteiger partial charge < -0.3 is 14.0 Å². The van der Waals surface area contributed by atoms with E-state index in [1.54, 1.807) is 0 Å². The molecule has 1 saturated heterocycles. The Morgan fingerprint density at radius 1 is 1.21 bits per heavy atom. The van der Waals surface area contributed by atoms with Crippen molar-refractivity contribution in [3.8, 4) is 5.75 Å². The van der Waals surface area contributed by atoms with Gasteiger partial charge in [-0.1, -0.05) is 11.2 Å². The van der Waals surface area contributed by atoms with Gasteiger partial charge in [-0.15, -0.1) is 0 Å². The van der Waals surface area contributed by atoms with Crippen LogP contribution in [-0.4, -0.2) is 44.5 Å². The first-order valence-electron chi connectivity index (χ1n) is 9.98. The van der Waals surface area contributed by atoms with Gasteiger partial charge in [0.1, 0.15) is 5.75 Å². The third-order valence-electron chi connectivity index (χ3n) is 4.93. The Hall–Kier alpha value is -2.71. The highest BCUT2D eigenvalue weighted by molar-refractivity contribution is 5.33. The molecule has 3 aromatic rings. The van der Waals surface area contributed by atoms with E-state index in [9.17, 15) is 0 Å². The summed E-state index contributed by atoms with van der Waals surface area (Å²) in [6, 6.07) is 6.12. The number of ether oxygens (including phenoxy) is 2. The molecule has 1 fully saturated rings. The number of benzene rings is 1. The third-order valence-corrected chi connectivity index (χ3v) is 4.93. The molecule has 3 heterocycles. The molecule has 154 valence electrons. The van der Waals surface area contributed by atoms with Gasteiger partial charge in [0.2, 0.25) is 11.7 Å². The average molecular weight is 397 g/mol. The molecule has 2 aromatic heterocycles. The second kappa shape index (κ2) is 8.75. The van der Waals surface area contributed by atoms with E-state index in [2.05, 4.69) is 47.0 Å². The minimum Gasteiger partial charge on any atom is -0.485 e. The highest BCUT2D eigenvalue weighted by Crippen LogP contribution is 2.23. The van der Waals surface area contributed by atoms with Crippen molar-refractivity contribution in [3.05, 3.63) is 59.0 Å². The average Bonchev–Trinajstić information content (AvgIpc) is 3.35. The van der Waals surface area contributed by atoms with Gasteiger partial charge in [-0.3, -0.25) is 9.58 Å². The Morgan fingerprint density at radius 3 is 2.79 bits per heavy atom. The molecule has 0 aliphatic carbocycles. The van der Waals surface area contributed by atoms with Crippen LogP contribution in [0.4, 0.5) is 0 Å². The Morgan fingerprint density at radius 2 is 2.03 bits per heavy atom. The molecule has 29 heavy (non-hydrogen) atoms. The molecule has 1 atom stereocenters. The SMILES string of the molecule is CCn1cc(C2CN(Cc3nc(COc4cc(C)cc(C)c4)no3)CCO2)cn1. The summed E-state index contributed by atoms with van der Waals surface area (Å²) >= 11 is 0. The summed E-state index contributed by atoms with van der Waals surface area (Å²) in [6.07, 6.45) is 3.94. The third kappa shape index (κ3) is 5.02. The van der Waals surface area contributed by atoms with E-state index in [4.69, 9.17) is 14.0 Å². The van der Waals surface area contributed by atoms with E-state index in [0.29, 0.717) is 24.9 Å². The molecule has 1 aromatic carbocycles. The fourth-order valence-corrected chi connectivity index (χ4v) is 3.53. The molecule has 0 amide bonds. The van der Waals surface area contributed by atoms with Crippen molar-refractivity contribution in [1.82, 2.24) is 24.8 Å². The maximum absolute atomic E-state index is 5.92. The lowest BCUT2D eigenvalue weighted by Gasteiger charge is -2.31. The van der Waals surface area contributed by atoms with Gasteiger partial charge in [0.15, 0.2) is 6.61 Å². The molecule has 1 aliphatic heterocycles. The molecule has 4 rings (SSSR count). The molecular weight excluding hydrogens is 370 g/mol. The van der Waals surface area contributed by atoms with E-state index in [0.717, 1.165) is 30.9 Å². The van der Waals surface area contributed by atoms with E-state index in [1.807, 2.05) is 29.2 Å². The van der Waals surface area contributed by atoms with Gasteiger partial charge in [0.25, 0.3) is 0 Å². The fraction of sp³-hybridized carbons (Fsp3) is 0.476. The van der Waals surface area contributed by atoms with Gasteiger partial charge in [0.05, 0.1) is 25.5 Å². The first-order chi connectivity index (χ1) is 14.1. The predicted molar refractivity (Wildman–Crippen MR) is 106 cm³/mol. The molecule has 1 aliphatic rings. The van der Waals surface area contributed by atoms with Crippen molar-refractivity contribution in [2.75, 3.05) is 19.7 Å².